The van der Waals surface area contributed by atoms with Crippen molar-refractivity contribution in [2.45, 2.75) is 38.6 Å². The van der Waals surface area contributed by atoms with Gasteiger partial charge in [-0.2, -0.15) is 0 Å². The number of anilines is 1. The van der Waals surface area contributed by atoms with Gasteiger partial charge < -0.3 is 15.5 Å². The second-order valence-corrected chi connectivity index (χ2v) is 6.14. The molecule has 118 valence electrons. The highest BCUT2D eigenvalue weighted by atomic mass is 16.2. The van der Waals surface area contributed by atoms with E-state index in [0.717, 1.165) is 18.5 Å². The van der Waals surface area contributed by atoms with Crippen LogP contribution in [0.15, 0.2) is 18.2 Å². The van der Waals surface area contributed by atoms with E-state index >= 15 is 0 Å². The lowest BCUT2D eigenvalue weighted by molar-refractivity contribution is -0.121. The summed E-state index contributed by atoms with van der Waals surface area (Å²) in [5.41, 5.74) is 0.879. The first-order valence-electron chi connectivity index (χ1n) is 7.92. The molecule has 0 atom stereocenters. The number of rotatable bonds is 3. The van der Waals surface area contributed by atoms with E-state index < -0.39 is 0 Å². The minimum absolute atomic E-state index is 0.000325. The highest BCUT2D eigenvalue weighted by Crippen LogP contribution is 2.22. The molecule has 2 fully saturated rings. The van der Waals surface area contributed by atoms with Gasteiger partial charge in [-0.1, -0.05) is 6.07 Å². The average molecular weight is 302 g/mol. The molecular formula is C16H22N4O2. The zero-order chi connectivity index (χ0) is 15.5. The van der Waals surface area contributed by atoms with Crippen molar-refractivity contribution in [2.75, 3.05) is 18.4 Å². The highest BCUT2D eigenvalue weighted by Gasteiger charge is 2.30. The van der Waals surface area contributed by atoms with Gasteiger partial charge in [0, 0.05) is 30.7 Å². The Morgan fingerprint density at radius 2 is 1.91 bits per heavy atom. The molecule has 1 saturated carbocycles. The van der Waals surface area contributed by atoms with Gasteiger partial charge in [-0.05, 0) is 44.7 Å². The summed E-state index contributed by atoms with van der Waals surface area (Å²) in [6, 6.07) is 5.96. The topological polar surface area (TPSA) is 74.3 Å². The fourth-order valence-corrected chi connectivity index (χ4v) is 2.68. The molecule has 3 rings (SSSR count). The largest absolute Gasteiger partial charge is 0.335 e. The van der Waals surface area contributed by atoms with E-state index in [4.69, 9.17) is 0 Å². The fraction of sp³-hybridized carbons (Fsp3) is 0.562. The first kappa shape index (κ1) is 14.8. The zero-order valence-corrected chi connectivity index (χ0v) is 12.8. The lowest BCUT2D eigenvalue weighted by atomic mass is 9.96. The predicted octanol–water partition coefficient (Wildman–Crippen LogP) is 1.91. The Kier molecular flexibility index (Phi) is 4.27. The van der Waals surface area contributed by atoms with Crippen LogP contribution in [0.2, 0.25) is 0 Å². The molecule has 1 aliphatic heterocycles. The van der Waals surface area contributed by atoms with Crippen LogP contribution in [-0.2, 0) is 4.79 Å². The van der Waals surface area contributed by atoms with Gasteiger partial charge in [0.05, 0.1) is 0 Å². The van der Waals surface area contributed by atoms with Crippen LogP contribution in [0.25, 0.3) is 0 Å². The molecule has 0 unspecified atom stereocenters. The van der Waals surface area contributed by atoms with Crippen molar-refractivity contribution in [3.63, 3.8) is 0 Å². The van der Waals surface area contributed by atoms with Crippen LogP contribution >= 0.6 is 0 Å². The number of carbonyl (C=O) groups is 2. The minimum Gasteiger partial charge on any atom is -0.335 e. The number of piperidine rings is 1. The summed E-state index contributed by atoms with van der Waals surface area (Å²) in [7, 11) is 0. The van der Waals surface area contributed by atoms with Crippen molar-refractivity contribution >= 4 is 17.8 Å². The first-order chi connectivity index (χ1) is 10.6. The molecular weight excluding hydrogens is 280 g/mol. The van der Waals surface area contributed by atoms with E-state index in [2.05, 4.69) is 15.6 Å². The van der Waals surface area contributed by atoms with Crippen molar-refractivity contribution in [1.82, 2.24) is 15.2 Å². The Morgan fingerprint density at radius 1 is 1.18 bits per heavy atom. The SMILES string of the molecule is Cc1cccc(NC(=O)C2CCN(C(=O)NC3CC3)CC2)n1. The maximum Gasteiger partial charge on any atom is 0.317 e. The number of nitrogens with one attached hydrogen (secondary N) is 2. The maximum absolute atomic E-state index is 12.3. The quantitative estimate of drug-likeness (QED) is 0.895. The summed E-state index contributed by atoms with van der Waals surface area (Å²) in [6.45, 7) is 3.17. The van der Waals surface area contributed by atoms with Crippen molar-refractivity contribution in [3.05, 3.63) is 23.9 Å². The van der Waals surface area contributed by atoms with Crippen LogP contribution in [-0.4, -0.2) is 41.0 Å². The standard InChI is InChI=1S/C16H22N4O2/c1-11-3-2-4-14(17-11)19-15(21)12-7-9-20(10-8-12)16(22)18-13-5-6-13/h2-4,12-13H,5-10H2,1H3,(H,18,22)(H,17,19,21). The van der Waals surface area contributed by atoms with Crippen molar-refractivity contribution in [1.29, 1.82) is 0 Å². The Labute approximate surface area is 130 Å². The smallest absolute Gasteiger partial charge is 0.317 e. The summed E-state index contributed by atoms with van der Waals surface area (Å²) in [4.78, 5) is 30.3. The fourth-order valence-electron chi connectivity index (χ4n) is 2.68. The van der Waals surface area contributed by atoms with Crippen LogP contribution in [0.4, 0.5) is 10.6 Å². The third-order valence-electron chi connectivity index (χ3n) is 4.20. The molecule has 0 spiro atoms. The van der Waals surface area contributed by atoms with Gasteiger partial charge >= 0.3 is 6.03 Å². The van der Waals surface area contributed by atoms with Crippen LogP contribution in [0, 0.1) is 12.8 Å². The molecule has 6 nitrogen and oxygen atoms in total. The Balaban J connectivity index is 1.48. The number of aromatic nitrogens is 1. The van der Waals surface area contributed by atoms with E-state index in [9.17, 15) is 9.59 Å². The van der Waals surface area contributed by atoms with E-state index in [1.165, 1.54) is 0 Å². The number of hydrogen-bond acceptors (Lipinski definition) is 3. The van der Waals surface area contributed by atoms with Crippen molar-refractivity contribution < 1.29 is 9.59 Å². The number of nitrogens with zero attached hydrogens (tertiary/aromatic N) is 2. The molecule has 0 radical (unpaired) electrons. The van der Waals surface area contributed by atoms with Gasteiger partial charge in [0.2, 0.25) is 5.91 Å². The van der Waals surface area contributed by atoms with E-state index in [1.807, 2.05) is 24.0 Å². The average Bonchev–Trinajstić information content (AvgIpc) is 3.31. The van der Waals surface area contributed by atoms with E-state index in [1.54, 1.807) is 6.07 Å². The van der Waals surface area contributed by atoms with Gasteiger partial charge in [-0.15, -0.1) is 0 Å². The van der Waals surface area contributed by atoms with Gasteiger partial charge in [-0.25, -0.2) is 9.78 Å². The lowest BCUT2D eigenvalue weighted by Crippen LogP contribution is -2.46. The molecule has 2 aliphatic rings. The van der Waals surface area contributed by atoms with Crippen molar-refractivity contribution in [2.24, 2.45) is 5.92 Å². The number of pyridine rings is 1. The molecule has 6 heteroatoms. The number of aryl methyl sites for hydroxylation is 1. The second-order valence-electron chi connectivity index (χ2n) is 6.14. The van der Waals surface area contributed by atoms with E-state index in [0.29, 0.717) is 37.8 Å². The normalized spacial score (nSPS) is 18.9. The van der Waals surface area contributed by atoms with Gasteiger partial charge in [0.15, 0.2) is 0 Å². The monoisotopic (exact) mass is 302 g/mol. The maximum atomic E-state index is 12.3. The van der Waals surface area contributed by atoms with Gasteiger partial charge in [-0.3, -0.25) is 4.79 Å². The zero-order valence-electron chi connectivity index (χ0n) is 12.8. The highest BCUT2D eigenvalue weighted by molar-refractivity contribution is 5.91. The molecule has 0 aromatic carbocycles. The Bertz CT molecular complexity index is 563. The van der Waals surface area contributed by atoms with Crippen LogP contribution in [0.5, 0.6) is 0 Å². The molecule has 3 amide bonds. The van der Waals surface area contributed by atoms with Crippen LogP contribution in [0.1, 0.15) is 31.4 Å². The predicted molar refractivity (Wildman–Crippen MR) is 83.5 cm³/mol. The molecule has 1 aromatic rings. The second kappa shape index (κ2) is 6.34. The Morgan fingerprint density at radius 3 is 2.55 bits per heavy atom. The number of carbonyl (C=O) groups excluding carboxylic acids is 2. The molecule has 2 N–H and O–H groups in total. The van der Waals surface area contributed by atoms with Crippen molar-refractivity contribution in [3.8, 4) is 0 Å². The summed E-state index contributed by atoms with van der Waals surface area (Å²) in [5.74, 6) is 0.548. The molecule has 1 saturated heterocycles. The number of urea groups is 1. The molecule has 2 heterocycles. The summed E-state index contributed by atoms with van der Waals surface area (Å²) in [6.07, 6.45) is 3.59. The summed E-state index contributed by atoms with van der Waals surface area (Å²) >= 11 is 0. The Hall–Kier alpha value is -2.11. The lowest BCUT2D eigenvalue weighted by Gasteiger charge is -2.31. The van der Waals surface area contributed by atoms with E-state index in [-0.39, 0.29) is 17.9 Å². The number of likely N-dealkylation sites (tertiary alicyclic amines) is 1. The first-order valence-corrected chi connectivity index (χ1v) is 7.92. The minimum atomic E-state index is -0.0488. The van der Waals surface area contributed by atoms with Gasteiger partial charge in [0.1, 0.15) is 5.82 Å². The number of hydrogen-bond donors (Lipinski definition) is 2. The third-order valence-corrected chi connectivity index (χ3v) is 4.20. The molecule has 22 heavy (non-hydrogen) atoms. The molecule has 1 aromatic heterocycles. The van der Waals surface area contributed by atoms with Gasteiger partial charge in [0.25, 0.3) is 0 Å². The summed E-state index contributed by atoms with van der Waals surface area (Å²) < 4.78 is 0. The third kappa shape index (κ3) is 3.75. The summed E-state index contributed by atoms with van der Waals surface area (Å²) in [5, 5.41) is 5.86. The molecule has 0 bridgehead atoms. The molecule has 1 aliphatic carbocycles. The number of amides is 3. The van der Waals surface area contributed by atoms with Crippen LogP contribution in [0.3, 0.4) is 0 Å². The van der Waals surface area contributed by atoms with Crippen LogP contribution < -0.4 is 10.6 Å².